The van der Waals surface area contributed by atoms with Crippen LogP contribution in [0.15, 0.2) is 243 Å². The van der Waals surface area contributed by atoms with Crippen molar-refractivity contribution in [2.24, 2.45) is 0 Å². The van der Waals surface area contributed by atoms with Gasteiger partial charge in [0.1, 0.15) is 5.82 Å². The van der Waals surface area contributed by atoms with Gasteiger partial charge in [-0.05, 0) is 151 Å². The summed E-state index contributed by atoms with van der Waals surface area (Å²) in [4.78, 5) is 4.41. The van der Waals surface area contributed by atoms with E-state index in [4.69, 9.17) is 0 Å². The van der Waals surface area contributed by atoms with Gasteiger partial charge in [-0.2, -0.15) is 0 Å². The van der Waals surface area contributed by atoms with Crippen molar-refractivity contribution in [1.82, 2.24) is 9.13 Å². The normalized spacial score (nSPS) is 13.7. The molecule has 0 fully saturated rings. The lowest BCUT2D eigenvalue weighted by Gasteiger charge is -2.34. The lowest BCUT2D eigenvalue weighted by molar-refractivity contribution is 0.627. The second kappa shape index (κ2) is 17.2. The molecule has 1 aliphatic rings. The van der Waals surface area contributed by atoms with Gasteiger partial charge in [-0.1, -0.05) is 110 Å². The van der Waals surface area contributed by atoms with Crippen molar-refractivity contribution in [3.63, 3.8) is 0 Å². The van der Waals surface area contributed by atoms with E-state index in [1.165, 1.54) is 40.4 Å². The Hall–Kier alpha value is -8.48. The monoisotopic (exact) mass is 858 g/mol. The number of hydrogen-bond acceptors (Lipinski definition) is 2. The molecule has 1 unspecified atom stereocenters. The molecule has 0 saturated heterocycles. The summed E-state index contributed by atoms with van der Waals surface area (Å²) in [6, 6.07) is 68.2. The van der Waals surface area contributed by atoms with Crippen LogP contribution in [0.1, 0.15) is 11.3 Å². The summed E-state index contributed by atoms with van der Waals surface area (Å²) in [6.07, 6.45) is 10.7. The Bertz CT molecular complexity index is 3470. The predicted molar refractivity (Wildman–Crippen MR) is 272 cm³/mol. The molecule has 8 aromatic carbocycles. The molecule has 0 N–H and O–H groups in total. The average molecular weight is 859 g/mol. The van der Waals surface area contributed by atoms with Crippen LogP contribution in [0.5, 0.6) is 0 Å². The molecular formula is C60H44F2N4. The minimum Gasteiger partial charge on any atom is -0.334 e. The van der Waals surface area contributed by atoms with Crippen LogP contribution < -0.4 is 9.80 Å². The van der Waals surface area contributed by atoms with E-state index in [0.29, 0.717) is 6.33 Å². The van der Waals surface area contributed by atoms with E-state index >= 15 is 0 Å². The first-order chi connectivity index (χ1) is 32.6. The molecule has 10 aromatic rings. The largest absolute Gasteiger partial charge is 0.334 e. The molecule has 66 heavy (non-hydrogen) atoms. The van der Waals surface area contributed by atoms with Crippen molar-refractivity contribution >= 4 is 61.5 Å². The topological polar surface area (TPSA) is 16.3 Å². The highest BCUT2D eigenvalue weighted by molar-refractivity contribution is 6.10. The minimum atomic E-state index is -0.269. The van der Waals surface area contributed by atoms with Crippen molar-refractivity contribution in [3.05, 3.63) is 260 Å². The maximum atomic E-state index is 14.4. The molecule has 0 amide bonds. The predicted octanol–water partition coefficient (Wildman–Crippen LogP) is 16.0. The molecule has 0 radical (unpaired) electrons. The van der Waals surface area contributed by atoms with Crippen molar-refractivity contribution in [2.75, 3.05) is 9.80 Å². The molecule has 0 aliphatic heterocycles. The summed E-state index contributed by atoms with van der Waals surface area (Å²) in [6.45, 7) is 4.13. The third-order valence-electron chi connectivity index (χ3n) is 12.7. The second-order valence-electron chi connectivity index (χ2n) is 16.5. The Morgan fingerprint density at radius 1 is 0.545 bits per heavy atom. The van der Waals surface area contributed by atoms with Gasteiger partial charge < -0.3 is 18.9 Å². The van der Waals surface area contributed by atoms with Crippen LogP contribution in [-0.2, 0) is 6.42 Å². The molecule has 2 heterocycles. The van der Waals surface area contributed by atoms with Crippen molar-refractivity contribution in [2.45, 2.75) is 12.5 Å². The molecule has 6 heteroatoms. The fourth-order valence-corrected chi connectivity index (χ4v) is 9.75. The summed E-state index contributed by atoms with van der Waals surface area (Å²) in [5.41, 5.74) is 14.6. The first-order valence-electron chi connectivity index (χ1n) is 22.2. The van der Waals surface area contributed by atoms with Crippen LogP contribution >= 0.6 is 0 Å². The SMILES string of the molecule is C=C/C(=C\C=C\F)N(c1ccc(-c2ccc(N(c3ccc(F)cc3)C3C=Cc4c(c5ccccc5n4-c4ccccc4)C3)cc2)cc1)c1ccc2c(c1)c1ccccc1n2-c1ccccc1. The molecule has 318 valence electrons. The number of nitrogens with zero attached hydrogens (tertiary/aromatic N) is 4. The number of rotatable bonds is 11. The molecule has 2 aromatic heterocycles. The Morgan fingerprint density at radius 3 is 1.71 bits per heavy atom. The lowest BCUT2D eigenvalue weighted by atomic mass is 9.94. The fraction of sp³-hybridized carbons (Fsp3) is 0.0333. The smallest absolute Gasteiger partial charge is 0.123 e. The maximum absolute atomic E-state index is 14.4. The van der Waals surface area contributed by atoms with Crippen LogP contribution in [0.4, 0.5) is 31.5 Å². The molecule has 1 aliphatic carbocycles. The van der Waals surface area contributed by atoms with Gasteiger partial charge in [0.05, 0.1) is 28.9 Å². The van der Waals surface area contributed by atoms with Crippen molar-refractivity contribution < 1.29 is 8.78 Å². The van der Waals surface area contributed by atoms with E-state index in [1.807, 2.05) is 24.3 Å². The number of fused-ring (bicyclic) bond motifs is 6. The zero-order valence-corrected chi connectivity index (χ0v) is 36.1. The quantitative estimate of drug-likeness (QED) is 0.121. The molecule has 11 rings (SSSR count). The van der Waals surface area contributed by atoms with Gasteiger partial charge in [0.15, 0.2) is 0 Å². The van der Waals surface area contributed by atoms with Crippen LogP contribution in [-0.4, -0.2) is 15.2 Å². The molecular weight excluding hydrogens is 815 g/mol. The summed E-state index contributed by atoms with van der Waals surface area (Å²) < 4.78 is 32.5. The van der Waals surface area contributed by atoms with E-state index in [2.05, 4.69) is 201 Å². The first-order valence-corrected chi connectivity index (χ1v) is 22.2. The van der Waals surface area contributed by atoms with Gasteiger partial charge in [0, 0.05) is 61.7 Å². The number of halogens is 2. The maximum Gasteiger partial charge on any atom is 0.123 e. The van der Waals surface area contributed by atoms with E-state index < -0.39 is 0 Å². The van der Waals surface area contributed by atoms with E-state index in [0.717, 1.165) is 79.2 Å². The van der Waals surface area contributed by atoms with E-state index in [9.17, 15) is 8.78 Å². The van der Waals surface area contributed by atoms with Gasteiger partial charge in [0.2, 0.25) is 0 Å². The first kappa shape index (κ1) is 40.3. The van der Waals surface area contributed by atoms with E-state index in [-0.39, 0.29) is 11.9 Å². The van der Waals surface area contributed by atoms with E-state index in [1.54, 1.807) is 12.2 Å². The van der Waals surface area contributed by atoms with Gasteiger partial charge >= 0.3 is 0 Å². The number of para-hydroxylation sites is 4. The Labute approximate surface area is 382 Å². The number of aromatic nitrogens is 2. The summed E-state index contributed by atoms with van der Waals surface area (Å²) in [5.74, 6) is -0.269. The third kappa shape index (κ3) is 7.19. The van der Waals surface area contributed by atoms with Crippen LogP contribution in [0.3, 0.4) is 0 Å². The number of allylic oxidation sites excluding steroid dienone is 3. The van der Waals surface area contributed by atoms with Crippen LogP contribution in [0, 0.1) is 5.82 Å². The number of anilines is 4. The highest BCUT2D eigenvalue weighted by Gasteiger charge is 2.28. The zero-order chi connectivity index (χ0) is 44.6. The van der Waals surface area contributed by atoms with Gasteiger partial charge in [0.25, 0.3) is 0 Å². The number of hydrogen-bond donors (Lipinski definition) is 0. The Morgan fingerprint density at radius 2 is 1.08 bits per heavy atom. The third-order valence-corrected chi connectivity index (χ3v) is 12.7. The van der Waals surface area contributed by atoms with Crippen molar-refractivity contribution in [3.8, 4) is 22.5 Å². The van der Waals surface area contributed by atoms with Gasteiger partial charge in [-0.25, -0.2) is 8.78 Å². The molecule has 1 atom stereocenters. The standard InChI is InChI=1S/C60H44F2N4/c1-2-45(18-13-39-61)63(51-35-37-59-55(40-51)53-19-9-11-21-57(53)65(59)46-14-5-3-6-15-46)48-29-23-42(24-30-48)43-25-31-49(32-26-43)64(50-33-27-44(62)28-34-50)52-36-38-60-56(41-52)54-20-10-12-22-58(54)66(60)47-16-7-4-8-17-47/h2-40,52H,1,41H2/b39-13+,45-18+. The summed E-state index contributed by atoms with van der Waals surface area (Å²) in [5, 5.41) is 3.48. The van der Waals surface area contributed by atoms with Crippen LogP contribution in [0.25, 0.3) is 61.3 Å². The van der Waals surface area contributed by atoms with Crippen molar-refractivity contribution in [1.29, 1.82) is 0 Å². The van der Waals surface area contributed by atoms with Gasteiger partial charge in [-0.15, -0.1) is 0 Å². The Balaban J connectivity index is 0.935. The summed E-state index contributed by atoms with van der Waals surface area (Å²) in [7, 11) is 0. The summed E-state index contributed by atoms with van der Waals surface area (Å²) >= 11 is 0. The number of benzene rings is 8. The second-order valence-corrected chi connectivity index (χ2v) is 16.5. The van der Waals surface area contributed by atoms with Crippen LogP contribution in [0.2, 0.25) is 0 Å². The molecule has 0 spiro atoms. The molecule has 0 saturated carbocycles. The van der Waals surface area contributed by atoms with Gasteiger partial charge in [-0.3, -0.25) is 0 Å². The average Bonchev–Trinajstić information content (AvgIpc) is 3.89. The zero-order valence-electron chi connectivity index (χ0n) is 36.1. The highest BCUT2D eigenvalue weighted by Crippen LogP contribution is 2.41. The lowest BCUT2D eigenvalue weighted by Crippen LogP contribution is -2.33. The molecule has 4 nitrogen and oxygen atoms in total. The molecule has 0 bridgehead atoms. The minimum absolute atomic E-state index is 0.0254. The highest BCUT2D eigenvalue weighted by atomic mass is 19.1. The Kier molecular flexibility index (Phi) is 10.5. The fourth-order valence-electron chi connectivity index (χ4n) is 9.75.